The molecule has 1 fully saturated rings. The van der Waals surface area contributed by atoms with E-state index in [4.69, 9.17) is 11.6 Å². The van der Waals surface area contributed by atoms with Gasteiger partial charge in [-0.1, -0.05) is 71.4 Å². The number of thioether (sulfide) groups is 1. The van der Waals surface area contributed by atoms with Gasteiger partial charge in [0.2, 0.25) is 5.91 Å². The summed E-state index contributed by atoms with van der Waals surface area (Å²) in [6, 6.07) is 25.8. The molecule has 0 saturated carbocycles. The zero-order chi connectivity index (χ0) is 23.4. The van der Waals surface area contributed by atoms with Crippen molar-refractivity contribution in [3.8, 4) is 6.07 Å². The highest BCUT2D eigenvalue weighted by Crippen LogP contribution is 2.42. The third kappa shape index (κ3) is 5.11. The summed E-state index contributed by atoms with van der Waals surface area (Å²) in [7, 11) is 0. The third-order valence-corrected chi connectivity index (χ3v) is 6.68. The monoisotopic (exact) mass is 473 g/mol. The van der Waals surface area contributed by atoms with Crippen molar-refractivity contribution < 1.29 is 9.59 Å². The van der Waals surface area contributed by atoms with Gasteiger partial charge in [0.1, 0.15) is 16.7 Å². The van der Waals surface area contributed by atoms with Crippen LogP contribution in [-0.2, 0) is 16.0 Å². The molecule has 164 valence electrons. The molecule has 0 spiro atoms. The summed E-state index contributed by atoms with van der Waals surface area (Å²) in [6.45, 7) is 1.96. The van der Waals surface area contributed by atoms with E-state index in [-0.39, 0.29) is 11.5 Å². The molecule has 1 saturated heterocycles. The molecular weight excluding hydrogens is 454 g/mol. The number of aryl methyl sites for hydroxylation is 1. The van der Waals surface area contributed by atoms with Crippen molar-refractivity contribution in [3.63, 3.8) is 0 Å². The number of carbonyl (C=O) groups is 2. The zero-order valence-electron chi connectivity index (χ0n) is 17.8. The maximum atomic E-state index is 13.5. The molecule has 33 heavy (non-hydrogen) atoms. The number of halogens is 1. The number of nitriles is 1. The van der Waals surface area contributed by atoms with E-state index >= 15 is 0 Å². The van der Waals surface area contributed by atoms with Crippen molar-refractivity contribution in [3.05, 3.63) is 106 Å². The lowest BCUT2D eigenvalue weighted by Crippen LogP contribution is -2.30. The molecule has 0 aromatic heterocycles. The van der Waals surface area contributed by atoms with Gasteiger partial charge in [-0.05, 0) is 55.3 Å². The number of anilines is 2. The van der Waals surface area contributed by atoms with E-state index in [9.17, 15) is 14.9 Å². The Kier molecular flexibility index (Phi) is 6.83. The van der Waals surface area contributed by atoms with E-state index in [1.54, 1.807) is 24.3 Å². The van der Waals surface area contributed by atoms with Gasteiger partial charge in [-0.15, -0.1) is 0 Å². The molecule has 2 amide bonds. The molecule has 1 atom stereocenters. The normalized spacial score (nSPS) is 16.9. The molecule has 3 aromatic rings. The summed E-state index contributed by atoms with van der Waals surface area (Å²) in [5.41, 5.74) is 3.08. The molecule has 1 aliphatic heterocycles. The second-order valence-electron chi connectivity index (χ2n) is 7.56. The summed E-state index contributed by atoms with van der Waals surface area (Å²) < 4.78 is 0. The number of amides is 2. The minimum Gasteiger partial charge on any atom is -0.321 e. The maximum Gasteiger partial charge on any atom is 0.269 e. The largest absolute Gasteiger partial charge is 0.321 e. The van der Waals surface area contributed by atoms with Crippen LogP contribution in [0.15, 0.2) is 89.5 Å². The van der Waals surface area contributed by atoms with Gasteiger partial charge in [0.05, 0.1) is 5.25 Å². The van der Waals surface area contributed by atoms with Crippen LogP contribution in [-0.4, -0.2) is 17.1 Å². The standard InChI is InChI=1S/C26H20ClN3O2S/c1-17-7-13-21(14-8-17)30-25(32)23(15-18-5-3-2-4-6-18)33-26(30)22(16-28)24(31)29-20-11-9-19(27)10-12-20/h2-14,23H,15H2,1H3,(H,29,31)/b26-22-. The number of nitrogens with one attached hydrogen (secondary N) is 1. The number of carbonyl (C=O) groups excluding carboxylic acids is 2. The highest BCUT2D eigenvalue weighted by molar-refractivity contribution is 8.05. The lowest BCUT2D eigenvalue weighted by molar-refractivity contribution is -0.117. The Balaban J connectivity index is 1.72. The van der Waals surface area contributed by atoms with Crippen LogP contribution >= 0.6 is 23.4 Å². The van der Waals surface area contributed by atoms with Crippen molar-refractivity contribution in [2.24, 2.45) is 0 Å². The first-order valence-electron chi connectivity index (χ1n) is 10.3. The number of hydrogen-bond donors (Lipinski definition) is 1. The average Bonchev–Trinajstić information content (AvgIpc) is 3.12. The molecule has 1 N–H and O–H groups in total. The van der Waals surface area contributed by atoms with E-state index in [1.807, 2.05) is 67.6 Å². The van der Waals surface area contributed by atoms with Crippen LogP contribution in [0.4, 0.5) is 11.4 Å². The van der Waals surface area contributed by atoms with Crippen LogP contribution in [0.25, 0.3) is 0 Å². The van der Waals surface area contributed by atoms with Gasteiger partial charge in [0.25, 0.3) is 5.91 Å². The topological polar surface area (TPSA) is 73.2 Å². The highest BCUT2D eigenvalue weighted by Gasteiger charge is 2.40. The molecule has 5 nitrogen and oxygen atoms in total. The summed E-state index contributed by atoms with van der Waals surface area (Å²) >= 11 is 7.16. The van der Waals surface area contributed by atoms with Crippen LogP contribution < -0.4 is 10.2 Å². The molecule has 1 unspecified atom stereocenters. The van der Waals surface area contributed by atoms with E-state index < -0.39 is 11.2 Å². The van der Waals surface area contributed by atoms with Crippen LogP contribution in [0, 0.1) is 18.3 Å². The van der Waals surface area contributed by atoms with E-state index in [0.717, 1.165) is 11.1 Å². The molecule has 3 aromatic carbocycles. The fourth-order valence-corrected chi connectivity index (χ4v) is 4.91. The average molecular weight is 474 g/mol. The lowest BCUT2D eigenvalue weighted by Gasteiger charge is -2.19. The molecule has 4 rings (SSSR count). The predicted molar refractivity (Wildman–Crippen MR) is 133 cm³/mol. The minimum atomic E-state index is -0.576. The molecule has 1 heterocycles. The van der Waals surface area contributed by atoms with Crippen LogP contribution in [0.2, 0.25) is 5.02 Å². The summed E-state index contributed by atoms with van der Waals surface area (Å²) in [5, 5.41) is 13.1. The highest BCUT2D eigenvalue weighted by atomic mass is 35.5. The smallest absolute Gasteiger partial charge is 0.269 e. The summed E-state index contributed by atoms with van der Waals surface area (Å²) in [6.07, 6.45) is 0.494. The molecule has 0 bridgehead atoms. The molecule has 0 aliphatic carbocycles. The first-order chi connectivity index (χ1) is 16.0. The Morgan fingerprint density at radius 2 is 1.73 bits per heavy atom. The number of rotatable bonds is 5. The molecule has 7 heteroatoms. The van der Waals surface area contributed by atoms with E-state index in [1.165, 1.54) is 16.7 Å². The Labute approximate surface area is 201 Å². The van der Waals surface area contributed by atoms with Crippen molar-refractivity contribution in [2.45, 2.75) is 18.6 Å². The van der Waals surface area contributed by atoms with Crippen molar-refractivity contribution in [2.75, 3.05) is 10.2 Å². The van der Waals surface area contributed by atoms with Gasteiger partial charge in [-0.3, -0.25) is 14.5 Å². The Morgan fingerprint density at radius 1 is 1.06 bits per heavy atom. The minimum absolute atomic E-state index is 0.112. The lowest BCUT2D eigenvalue weighted by atomic mass is 10.1. The first kappa shape index (κ1) is 22.7. The maximum absolute atomic E-state index is 13.5. The van der Waals surface area contributed by atoms with Crippen LogP contribution in [0.1, 0.15) is 11.1 Å². The Morgan fingerprint density at radius 3 is 2.36 bits per heavy atom. The second-order valence-corrected chi connectivity index (χ2v) is 9.19. The molecular formula is C26H20ClN3O2S. The van der Waals surface area contributed by atoms with Gasteiger partial charge in [-0.25, -0.2) is 0 Å². The van der Waals surface area contributed by atoms with E-state index in [0.29, 0.717) is 27.8 Å². The third-order valence-electron chi connectivity index (χ3n) is 5.16. The number of nitrogens with zero attached hydrogens (tertiary/aromatic N) is 2. The van der Waals surface area contributed by atoms with E-state index in [2.05, 4.69) is 5.32 Å². The predicted octanol–water partition coefficient (Wildman–Crippen LogP) is 5.71. The van der Waals surface area contributed by atoms with Gasteiger partial charge < -0.3 is 5.32 Å². The summed E-state index contributed by atoms with van der Waals surface area (Å²) in [5.74, 6) is -0.734. The van der Waals surface area contributed by atoms with Gasteiger partial charge in [0.15, 0.2) is 0 Å². The zero-order valence-corrected chi connectivity index (χ0v) is 19.4. The fourth-order valence-electron chi connectivity index (χ4n) is 3.47. The first-order valence-corrected chi connectivity index (χ1v) is 11.5. The Bertz CT molecular complexity index is 1250. The number of hydrogen-bond acceptors (Lipinski definition) is 4. The van der Waals surface area contributed by atoms with Gasteiger partial charge in [0, 0.05) is 16.4 Å². The van der Waals surface area contributed by atoms with Gasteiger partial charge in [-0.2, -0.15) is 5.26 Å². The SMILES string of the molecule is Cc1ccc(N2C(=O)C(Cc3ccccc3)S/C2=C(/C#N)C(=O)Nc2ccc(Cl)cc2)cc1. The van der Waals surface area contributed by atoms with Crippen molar-refractivity contribution >= 4 is 46.6 Å². The van der Waals surface area contributed by atoms with Crippen LogP contribution in [0.3, 0.4) is 0 Å². The van der Waals surface area contributed by atoms with Crippen molar-refractivity contribution in [1.29, 1.82) is 5.26 Å². The van der Waals surface area contributed by atoms with Crippen LogP contribution in [0.5, 0.6) is 0 Å². The Hall–Kier alpha value is -3.53. The fraction of sp³-hybridized carbons (Fsp3) is 0.115. The molecule has 1 aliphatic rings. The summed E-state index contributed by atoms with van der Waals surface area (Å²) in [4.78, 5) is 28.0. The molecule has 0 radical (unpaired) electrons. The second kappa shape index (κ2) is 9.95. The number of benzene rings is 3. The van der Waals surface area contributed by atoms with Crippen molar-refractivity contribution in [1.82, 2.24) is 0 Å². The van der Waals surface area contributed by atoms with Gasteiger partial charge >= 0.3 is 0 Å². The quantitative estimate of drug-likeness (QED) is 0.380.